The minimum absolute atomic E-state index is 0.521. The molecule has 8 nitrogen and oxygen atoms in total. The first-order valence-electron chi connectivity index (χ1n) is 11.3. The molecule has 3 aromatic rings. The SMILES string of the molecule is Cc1cn(C2CCCC2)c2nc(Nc3ccc(N4CCN(S(C)(=O)=O)CC4)cc3)ncc12. The van der Waals surface area contributed by atoms with Crippen LogP contribution in [0.1, 0.15) is 37.3 Å². The summed E-state index contributed by atoms with van der Waals surface area (Å²) in [6, 6.07) is 8.70. The van der Waals surface area contributed by atoms with Gasteiger partial charge in [-0.3, -0.25) is 0 Å². The fourth-order valence-electron chi connectivity index (χ4n) is 4.87. The molecule has 1 aliphatic heterocycles. The number of anilines is 3. The van der Waals surface area contributed by atoms with Gasteiger partial charge < -0.3 is 14.8 Å². The maximum atomic E-state index is 11.7. The van der Waals surface area contributed by atoms with Gasteiger partial charge in [-0.1, -0.05) is 12.8 Å². The van der Waals surface area contributed by atoms with Gasteiger partial charge in [-0.05, 0) is 49.6 Å². The van der Waals surface area contributed by atoms with Gasteiger partial charge in [0.15, 0.2) is 0 Å². The molecule has 2 aliphatic rings. The quantitative estimate of drug-likeness (QED) is 0.633. The Labute approximate surface area is 189 Å². The van der Waals surface area contributed by atoms with E-state index in [1.54, 1.807) is 0 Å². The van der Waals surface area contributed by atoms with Crippen LogP contribution in [0.25, 0.3) is 11.0 Å². The number of benzene rings is 1. The van der Waals surface area contributed by atoms with Crippen LogP contribution in [0.3, 0.4) is 0 Å². The van der Waals surface area contributed by atoms with Gasteiger partial charge in [0.25, 0.3) is 0 Å². The number of hydrogen-bond donors (Lipinski definition) is 1. The Morgan fingerprint density at radius 3 is 2.38 bits per heavy atom. The first-order valence-corrected chi connectivity index (χ1v) is 13.1. The summed E-state index contributed by atoms with van der Waals surface area (Å²) in [5, 5.41) is 4.46. The second-order valence-electron chi connectivity index (χ2n) is 8.91. The van der Waals surface area contributed by atoms with Gasteiger partial charge in [-0.25, -0.2) is 13.4 Å². The number of fused-ring (bicyclic) bond motifs is 1. The second-order valence-corrected chi connectivity index (χ2v) is 10.9. The van der Waals surface area contributed by atoms with E-state index in [-0.39, 0.29) is 0 Å². The maximum absolute atomic E-state index is 11.7. The van der Waals surface area contributed by atoms with Gasteiger partial charge in [0, 0.05) is 61.4 Å². The first kappa shape index (κ1) is 21.2. The van der Waals surface area contributed by atoms with Crippen LogP contribution >= 0.6 is 0 Å². The largest absolute Gasteiger partial charge is 0.369 e. The fourth-order valence-corrected chi connectivity index (χ4v) is 5.70. The minimum atomic E-state index is -3.11. The fraction of sp³-hybridized carbons (Fsp3) is 0.478. The van der Waals surface area contributed by atoms with Crippen LogP contribution < -0.4 is 10.2 Å². The molecule has 1 aliphatic carbocycles. The zero-order chi connectivity index (χ0) is 22.3. The molecule has 1 N–H and O–H groups in total. The van der Waals surface area contributed by atoms with Crippen molar-refractivity contribution < 1.29 is 8.42 Å². The van der Waals surface area contributed by atoms with Crippen molar-refractivity contribution in [3.8, 4) is 0 Å². The maximum Gasteiger partial charge on any atom is 0.229 e. The highest BCUT2D eigenvalue weighted by molar-refractivity contribution is 7.88. The summed E-state index contributed by atoms with van der Waals surface area (Å²) in [6.07, 6.45) is 10.4. The topological polar surface area (TPSA) is 83.4 Å². The molecule has 0 bridgehead atoms. The molecule has 0 atom stereocenters. The molecule has 2 fully saturated rings. The molecule has 1 saturated heterocycles. The van der Waals surface area contributed by atoms with Gasteiger partial charge in [0.05, 0.1) is 6.26 Å². The Hall–Kier alpha value is -2.65. The highest BCUT2D eigenvalue weighted by Gasteiger charge is 2.23. The van der Waals surface area contributed by atoms with Crippen LogP contribution in [0.15, 0.2) is 36.7 Å². The Kier molecular flexibility index (Phi) is 5.54. The summed E-state index contributed by atoms with van der Waals surface area (Å²) < 4.78 is 27.3. The van der Waals surface area contributed by atoms with Crippen molar-refractivity contribution >= 4 is 38.4 Å². The molecule has 0 radical (unpaired) electrons. The molecule has 32 heavy (non-hydrogen) atoms. The van der Waals surface area contributed by atoms with Crippen LogP contribution in [0.5, 0.6) is 0 Å². The van der Waals surface area contributed by atoms with E-state index in [4.69, 9.17) is 4.98 Å². The third kappa shape index (κ3) is 4.19. The summed E-state index contributed by atoms with van der Waals surface area (Å²) >= 11 is 0. The molecule has 5 rings (SSSR count). The van der Waals surface area contributed by atoms with E-state index in [1.165, 1.54) is 41.8 Å². The molecular formula is C23H30N6O2S. The van der Waals surface area contributed by atoms with Gasteiger partial charge in [-0.2, -0.15) is 9.29 Å². The molecule has 3 heterocycles. The smallest absolute Gasteiger partial charge is 0.229 e. The summed E-state index contributed by atoms with van der Waals surface area (Å²) in [5.41, 5.74) is 4.25. The molecule has 1 aromatic carbocycles. The zero-order valence-corrected chi connectivity index (χ0v) is 19.5. The van der Waals surface area contributed by atoms with Crippen molar-refractivity contribution in [3.63, 3.8) is 0 Å². The van der Waals surface area contributed by atoms with E-state index < -0.39 is 10.0 Å². The number of aromatic nitrogens is 3. The van der Waals surface area contributed by atoms with Gasteiger partial charge >= 0.3 is 0 Å². The van der Waals surface area contributed by atoms with E-state index >= 15 is 0 Å². The van der Waals surface area contributed by atoms with Crippen molar-refractivity contribution in [2.45, 2.75) is 38.6 Å². The third-order valence-corrected chi connectivity index (χ3v) is 7.99. The van der Waals surface area contributed by atoms with Gasteiger partial charge in [0.2, 0.25) is 16.0 Å². The summed E-state index contributed by atoms with van der Waals surface area (Å²) in [5.74, 6) is 0.601. The number of rotatable bonds is 5. The molecular weight excluding hydrogens is 424 g/mol. The van der Waals surface area contributed by atoms with Crippen LogP contribution in [-0.2, 0) is 10.0 Å². The zero-order valence-electron chi connectivity index (χ0n) is 18.7. The lowest BCUT2D eigenvalue weighted by Crippen LogP contribution is -2.48. The summed E-state index contributed by atoms with van der Waals surface area (Å²) in [6.45, 7) is 4.55. The molecule has 1 saturated carbocycles. The summed E-state index contributed by atoms with van der Waals surface area (Å²) in [7, 11) is -3.11. The van der Waals surface area contributed by atoms with E-state index in [0.717, 1.165) is 22.4 Å². The Balaban J connectivity index is 1.30. The lowest BCUT2D eigenvalue weighted by molar-refractivity contribution is 0.388. The predicted octanol–water partition coefficient (Wildman–Crippen LogP) is 3.68. The van der Waals surface area contributed by atoms with Crippen molar-refractivity contribution in [1.29, 1.82) is 0 Å². The number of nitrogens with zero attached hydrogens (tertiary/aromatic N) is 5. The van der Waals surface area contributed by atoms with Crippen LogP contribution in [0.4, 0.5) is 17.3 Å². The highest BCUT2D eigenvalue weighted by Crippen LogP contribution is 2.34. The minimum Gasteiger partial charge on any atom is -0.369 e. The molecule has 170 valence electrons. The van der Waals surface area contributed by atoms with Gasteiger partial charge in [0.1, 0.15) is 5.65 Å². The van der Waals surface area contributed by atoms with Crippen molar-refractivity contribution in [1.82, 2.24) is 18.8 Å². The number of hydrogen-bond acceptors (Lipinski definition) is 6. The number of piperazine rings is 1. The van der Waals surface area contributed by atoms with Crippen molar-refractivity contribution in [3.05, 3.63) is 42.2 Å². The average Bonchev–Trinajstić information content (AvgIpc) is 3.42. The van der Waals surface area contributed by atoms with Crippen LogP contribution in [-0.4, -0.2) is 59.7 Å². The monoisotopic (exact) mass is 454 g/mol. The number of sulfonamides is 1. The number of nitrogens with one attached hydrogen (secondary N) is 1. The first-order chi connectivity index (χ1) is 15.4. The highest BCUT2D eigenvalue weighted by atomic mass is 32.2. The average molecular weight is 455 g/mol. The second kappa shape index (κ2) is 8.37. The Bertz CT molecular complexity index is 1210. The van der Waals surface area contributed by atoms with Crippen LogP contribution in [0, 0.1) is 6.92 Å². The van der Waals surface area contributed by atoms with Crippen molar-refractivity contribution in [2.24, 2.45) is 0 Å². The Morgan fingerprint density at radius 1 is 1.03 bits per heavy atom. The van der Waals surface area contributed by atoms with E-state index in [1.807, 2.05) is 18.3 Å². The number of aryl methyl sites for hydroxylation is 1. The summed E-state index contributed by atoms with van der Waals surface area (Å²) in [4.78, 5) is 11.6. The van der Waals surface area contributed by atoms with Crippen LogP contribution in [0.2, 0.25) is 0 Å². The third-order valence-electron chi connectivity index (χ3n) is 6.69. The van der Waals surface area contributed by atoms with E-state index in [0.29, 0.717) is 38.2 Å². The van der Waals surface area contributed by atoms with E-state index in [9.17, 15) is 8.42 Å². The Morgan fingerprint density at radius 2 is 1.72 bits per heavy atom. The molecule has 0 unspecified atom stereocenters. The lowest BCUT2D eigenvalue weighted by atomic mass is 10.2. The standard InChI is InChI=1S/C23H30N6O2S/c1-17-16-29(20-5-3-4-6-20)22-21(17)15-24-23(26-22)25-18-7-9-19(10-8-18)27-11-13-28(14-12-27)32(2,30)31/h7-10,15-16,20H,3-6,11-14H2,1-2H3,(H,24,25,26). The van der Waals surface area contributed by atoms with Crippen molar-refractivity contribution in [2.75, 3.05) is 42.7 Å². The van der Waals surface area contributed by atoms with E-state index in [2.05, 4.69) is 45.0 Å². The molecule has 9 heteroatoms. The molecule has 0 amide bonds. The molecule has 2 aromatic heterocycles. The van der Waals surface area contributed by atoms with Gasteiger partial charge in [-0.15, -0.1) is 0 Å². The lowest BCUT2D eigenvalue weighted by Gasteiger charge is -2.34. The molecule has 0 spiro atoms. The predicted molar refractivity (Wildman–Crippen MR) is 128 cm³/mol. The normalized spacial score (nSPS) is 18.5.